The van der Waals surface area contributed by atoms with Crippen LogP contribution >= 0.6 is 0 Å². The quantitative estimate of drug-likeness (QED) is 0.677. The van der Waals surface area contributed by atoms with Crippen molar-refractivity contribution in [3.8, 4) is 11.8 Å². The van der Waals surface area contributed by atoms with Crippen molar-refractivity contribution < 1.29 is 4.79 Å². The van der Waals surface area contributed by atoms with Gasteiger partial charge in [-0.1, -0.05) is 58.0 Å². The van der Waals surface area contributed by atoms with Gasteiger partial charge in [-0.3, -0.25) is 9.69 Å². The molecule has 0 bridgehead atoms. The van der Waals surface area contributed by atoms with Crippen molar-refractivity contribution in [1.29, 1.82) is 0 Å². The molecule has 6 nitrogen and oxygen atoms in total. The standard InChI is InChI=1S/C13H17N.C11H10N4O.C2H6/c1-4-11-5-6-12-9-14(3)8-10(2)13(12)7-11;1-7-3-4-9(15-14-7)5-6-10-11(16)13-8(2)12-10;1-2/h5-7H,2,4,8-9H2,1,3H3;3-4,10,12H,2H2,1H3,(H,13,16);1-2H3. The Morgan fingerprint density at radius 1 is 1.16 bits per heavy atom. The van der Waals surface area contributed by atoms with Crippen LogP contribution in [0.3, 0.4) is 0 Å². The van der Waals surface area contributed by atoms with Gasteiger partial charge in [0.15, 0.2) is 6.04 Å². The topological polar surface area (TPSA) is 70.2 Å². The van der Waals surface area contributed by atoms with Gasteiger partial charge in [-0.05, 0) is 60.7 Å². The van der Waals surface area contributed by atoms with Crippen LogP contribution in [0.2, 0.25) is 0 Å². The Bertz CT molecular complexity index is 1030. The third kappa shape index (κ3) is 6.79. The van der Waals surface area contributed by atoms with Crippen LogP contribution < -0.4 is 10.6 Å². The summed E-state index contributed by atoms with van der Waals surface area (Å²) in [6, 6.07) is 9.79. The van der Waals surface area contributed by atoms with E-state index in [2.05, 4.69) is 82.9 Å². The van der Waals surface area contributed by atoms with Crippen molar-refractivity contribution in [1.82, 2.24) is 25.7 Å². The number of amides is 1. The average molecular weight is 432 g/mol. The van der Waals surface area contributed by atoms with E-state index in [1.165, 1.54) is 22.3 Å². The largest absolute Gasteiger partial charge is 0.351 e. The summed E-state index contributed by atoms with van der Waals surface area (Å²) in [4.78, 5) is 13.6. The lowest BCUT2D eigenvalue weighted by Gasteiger charge is -2.27. The first-order valence-corrected chi connectivity index (χ1v) is 10.9. The molecule has 1 unspecified atom stereocenters. The van der Waals surface area contributed by atoms with Crippen molar-refractivity contribution in [2.45, 2.75) is 46.7 Å². The van der Waals surface area contributed by atoms with Crippen molar-refractivity contribution in [3.63, 3.8) is 0 Å². The first-order valence-electron chi connectivity index (χ1n) is 10.9. The molecule has 2 aliphatic rings. The zero-order valence-corrected chi connectivity index (χ0v) is 19.7. The maximum Gasteiger partial charge on any atom is 0.260 e. The molecular weight excluding hydrogens is 398 g/mol. The van der Waals surface area contributed by atoms with E-state index in [4.69, 9.17) is 0 Å². The highest BCUT2D eigenvalue weighted by Gasteiger charge is 2.23. The minimum Gasteiger partial charge on any atom is -0.351 e. The second kappa shape index (κ2) is 11.8. The Morgan fingerprint density at radius 2 is 1.91 bits per heavy atom. The maximum atomic E-state index is 11.3. The monoisotopic (exact) mass is 431 g/mol. The fraction of sp³-hybridized carbons (Fsp3) is 0.346. The van der Waals surface area contributed by atoms with E-state index < -0.39 is 6.04 Å². The molecule has 2 N–H and O–H groups in total. The number of nitrogens with one attached hydrogen (secondary N) is 2. The van der Waals surface area contributed by atoms with Crippen molar-refractivity contribution in [2.24, 2.45) is 0 Å². The van der Waals surface area contributed by atoms with Crippen molar-refractivity contribution in [2.75, 3.05) is 13.6 Å². The molecule has 3 heterocycles. The minimum atomic E-state index is -0.560. The number of carbonyl (C=O) groups is 1. The number of nitrogens with zero attached hydrogens (tertiary/aromatic N) is 3. The average Bonchev–Trinajstić information content (AvgIpc) is 3.12. The second-order valence-electron chi connectivity index (χ2n) is 7.50. The predicted octanol–water partition coefficient (Wildman–Crippen LogP) is 3.43. The number of hydrogen-bond acceptors (Lipinski definition) is 5. The van der Waals surface area contributed by atoms with Crippen LogP contribution in [0.1, 0.15) is 48.8 Å². The lowest BCUT2D eigenvalue weighted by molar-refractivity contribution is -0.119. The summed E-state index contributed by atoms with van der Waals surface area (Å²) in [5.41, 5.74) is 6.83. The third-order valence-electron chi connectivity index (χ3n) is 4.86. The minimum absolute atomic E-state index is 0.197. The number of carbonyl (C=O) groups excluding carboxylic acids is 1. The highest BCUT2D eigenvalue weighted by atomic mass is 16.2. The summed E-state index contributed by atoms with van der Waals surface area (Å²) in [5.74, 6) is 5.81. The molecule has 168 valence electrons. The SMILES string of the molecule is C=C1CN(C)Cc2ccc(CC)cc21.C=C1NC(=O)C(C#Cc2ccc(C)nn2)N1.CC. The van der Waals surface area contributed by atoms with Gasteiger partial charge in [0.1, 0.15) is 5.69 Å². The Balaban J connectivity index is 0.000000212. The van der Waals surface area contributed by atoms with E-state index in [1.54, 1.807) is 6.07 Å². The second-order valence-corrected chi connectivity index (χ2v) is 7.50. The fourth-order valence-corrected chi connectivity index (χ4v) is 3.28. The van der Waals surface area contributed by atoms with E-state index in [-0.39, 0.29) is 5.91 Å². The van der Waals surface area contributed by atoms with Gasteiger partial charge in [0, 0.05) is 13.1 Å². The highest BCUT2D eigenvalue weighted by molar-refractivity contribution is 5.89. The van der Waals surface area contributed by atoms with Crippen molar-refractivity contribution in [3.05, 3.63) is 77.4 Å². The molecule has 0 radical (unpaired) electrons. The number of rotatable bonds is 1. The van der Waals surface area contributed by atoms with Crippen LogP contribution in [0, 0.1) is 18.8 Å². The van der Waals surface area contributed by atoms with Crippen LogP contribution in [-0.2, 0) is 17.8 Å². The van der Waals surface area contributed by atoms with Crippen LogP contribution in [0.25, 0.3) is 5.57 Å². The summed E-state index contributed by atoms with van der Waals surface area (Å²) in [6.07, 6.45) is 1.11. The normalized spacial score (nSPS) is 16.8. The first kappa shape index (κ1) is 24.8. The van der Waals surface area contributed by atoms with Gasteiger partial charge >= 0.3 is 0 Å². The Hall–Kier alpha value is -3.43. The summed E-state index contributed by atoms with van der Waals surface area (Å²) in [7, 11) is 2.14. The molecule has 0 spiro atoms. The predicted molar refractivity (Wildman–Crippen MR) is 130 cm³/mol. The van der Waals surface area contributed by atoms with E-state index >= 15 is 0 Å². The molecule has 32 heavy (non-hydrogen) atoms. The van der Waals surface area contributed by atoms with Gasteiger partial charge in [0.05, 0.1) is 11.5 Å². The van der Waals surface area contributed by atoms with Gasteiger partial charge in [0.25, 0.3) is 5.91 Å². The fourth-order valence-electron chi connectivity index (χ4n) is 3.28. The highest BCUT2D eigenvalue weighted by Crippen LogP contribution is 2.26. The molecule has 6 heteroatoms. The van der Waals surface area contributed by atoms with E-state index in [9.17, 15) is 4.79 Å². The zero-order valence-electron chi connectivity index (χ0n) is 19.7. The Kier molecular flexibility index (Phi) is 9.18. The summed E-state index contributed by atoms with van der Waals surface area (Å²) >= 11 is 0. The van der Waals surface area contributed by atoms with Gasteiger partial charge in [0.2, 0.25) is 0 Å². The van der Waals surface area contributed by atoms with Crippen LogP contribution in [0.15, 0.2) is 49.3 Å². The maximum absolute atomic E-state index is 11.3. The van der Waals surface area contributed by atoms with Crippen LogP contribution in [-0.4, -0.2) is 40.6 Å². The number of aromatic nitrogens is 2. The molecule has 1 atom stereocenters. The molecule has 1 aromatic heterocycles. The number of likely N-dealkylation sites (N-methyl/N-ethyl adjacent to an activating group) is 1. The number of fused-ring (bicyclic) bond motifs is 1. The summed E-state index contributed by atoms with van der Waals surface area (Å²) < 4.78 is 0. The molecular formula is C26H33N5O. The molecule has 0 aliphatic carbocycles. The van der Waals surface area contributed by atoms with Gasteiger partial charge < -0.3 is 10.6 Å². The number of benzene rings is 1. The summed E-state index contributed by atoms with van der Waals surface area (Å²) in [5, 5.41) is 13.1. The third-order valence-corrected chi connectivity index (χ3v) is 4.86. The van der Waals surface area contributed by atoms with Crippen molar-refractivity contribution >= 4 is 11.5 Å². The molecule has 1 fully saturated rings. The molecule has 1 aromatic carbocycles. The number of aryl methyl sites for hydroxylation is 2. The smallest absolute Gasteiger partial charge is 0.260 e. The van der Waals surface area contributed by atoms with E-state index in [0.717, 1.165) is 25.2 Å². The molecule has 2 aromatic rings. The zero-order chi connectivity index (χ0) is 23.7. The van der Waals surface area contributed by atoms with E-state index in [0.29, 0.717) is 11.5 Å². The lowest BCUT2D eigenvalue weighted by atomic mass is 9.94. The van der Waals surface area contributed by atoms with Crippen LogP contribution in [0.5, 0.6) is 0 Å². The number of hydrogen-bond donors (Lipinski definition) is 2. The molecule has 4 rings (SSSR count). The van der Waals surface area contributed by atoms with Gasteiger partial charge in [-0.2, -0.15) is 5.10 Å². The molecule has 1 saturated heterocycles. The van der Waals surface area contributed by atoms with Gasteiger partial charge in [-0.15, -0.1) is 5.10 Å². The summed E-state index contributed by atoms with van der Waals surface area (Å²) in [6.45, 7) is 17.8. The lowest BCUT2D eigenvalue weighted by Crippen LogP contribution is -2.26. The Labute approximate surface area is 191 Å². The Morgan fingerprint density at radius 3 is 2.50 bits per heavy atom. The van der Waals surface area contributed by atoms with E-state index in [1.807, 2.05) is 26.8 Å². The molecule has 1 amide bonds. The first-order chi connectivity index (χ1) is 15.4. The van der Waals surface area contributed by atoms with Crippen LogP contribution in [0.4, 0.5) is 0 Å². The molecule has 2 aliphatic heterocycles. The molecule has 0 saturated carbocycles. The van der Waals surface area contributed by atoms with Gasteiger partial charge in [-0.25, -0.2) is 0 Å².